The fraction of sp³-hybridized carbons (Fsp3) is 0.385. The van der Waals surface area contributed by atoms with Crippen molar-refractivity contribution in [3.05, 3.63) is 54.2 Å². The first-order chi connectivity index (χ1) is 19.7. The fourth-order valence-corrected chi connectivity index (χ4v) is 4.76. The van der Waals surface area contributed by atoms with Crippen LogP contribution in [0, 0.1) is 11.6 Å². The minimum absolute atomic E-state index is 0.000689. The number of halogens is 2. The molecule has 1 atom stereocenters. The van der Waals surface area contributed by atoms with Gasteiger partial charge in [0, 0.05) is 63.3 Å². The monoisotopic (exact) mass is 571 g/mol. The van der Waals surface area contributed by atoms with Gasteiger partial charge in [-0.15, -0.1) is 0 Å². The number of carbonyl (C=O) groups is 4. The zero-order chi connectivity index (χ0) is 29.1. The number of esters is 1. The van der Waals surface area contributed by atoms with E-state index in [1.54, 1.807) is 16.8 Å². The first-order valence-corrected chi connectivity index (χ1v) is 12.9. The quantitative estimate of drug-likeness (QED) is 0.397. The lowest BCUT2D eigenvalue weighted by Gasteiger charge is -2.36. The molecule has 0 spiro atoms. The molecule has 2 saturated heterocycles. The van der Waals surface area contributed by atoms with Crippen LogP contribution in [0.4, 0.5) is 25.0 Å². The Bertz CT molecular complexity index is 1430. The largest absolute Gasteiger partial charge is 0.469 e. The summed E-state index contributed by atoms with van der Waals surface area (Å²) in [5.74, 6) is -3.02. The van der Waals surface area contributed by atoms with Gasteiger partial charge in [-0.3, -0.25) is 24.3 Å². The number of imidazole rings is 1. The number of ether oxygens (including phenoxy) is 2. The molecule has 216 valence electrons. The molecule has 2 fully saturated rings. The zero-order valence-corrected chi connectivity index (χ0v) is 22.1. The van der Waals surface area contributed by atoms with E-state index in [4.69, 9.17) is 4.74 Å². The van der Waals surface area contributed by atoms with Gasteiger partial charge in [-0.2, -0.15) is 0 Å². The van der Waals surface area contributed by atoms with E-state index in [0.717, 1.165) is 17.0 Å². The number of amides is 3. The minimum atomic E-state index is -0.861. The van der Waals surface area contributed by atoms with E-state index >= 15 is 8.78 Å². The van der Waals surface area contributed by atoms with Crippen LogP contribution in [0.1, 0.15) is 23.3 Å². The highest BCUT2D eigenvalue weighted by molar-refractivity contribution is 5.95. The first kappa shape index (κ1) is 27.7. The summed E-state index contributed by atoms with van der Waals surface area (Å²) in [5.41, 5.74) is 0.378. The third kappa shape index (κ3) is 6.02. The Labute approximate surface area is 232 Å². The standard InChI is InChI=1S/C26H27F2N7O6/c1-40-23(37)3-2-17-14-35(26(39)41-17)16-10-18(27)24(19(28)11-16)33-8-6-32(7-9-33)22(36)13-30-25(38)20-15-34-5-4-29-12-21(34)31-20/h4-5,10-12,15,17H,2-3,6-9,13-14H2,1H3,(H,30,38)/t17-/m0/s1. The van der Waals surface area contributed by atoms with E-state index in [1.807, 2.05) is 0 Å². The highest BCUT2D eigenvalue weighted by atomic mass is 19.1. The summed E-state index contributed by atoms with van der Waals surface area (Å²) in [6.07, 6.45) is 5.14. The molecular formula is C26H27F2N7O6. The lowest BCUT2D eigenvalue weighted by atomic mass is 10.1. The molecule has 2 aliphatic rings. The highest BCUT2D eigenvalue weighted by Crippen LogP contribution is 2.32. The molecule has 15 heteroatoms. The number of carbonyl (C=O) groups excluding carboxylic acids is 4. The second kappa shape index (κ2) is 11.7. The molecule has 13 nitrogen and oxygen atoms in total. The normalized spacial score (nSPS) is 17.1. The lowest BCUT2D eigenvalue weighted by molar-refractivity contribution is -0.141. The summed E-state index contributed by atoms with van der Waals surface area (Å²) in [4.78, 5) is 60.9. The van der Waals surface area contributed by atoms with Crippen molar-refractivity contribution in [1.29, 1.82) is 0 Å². The molecule has 0 radical (unpaired) electrons. The summed E-state index contributed by atoms with van der Waals surface area (Å²) >= 11 is 0. The zero-order valence-electron chi connectivity index (χ0n) is 22.1. The molecule has 2 aliphatic heterocycles. The van der Waals surface area contributed by atoms with Crippen LogP contribution in [-0.2, 0) is 19.1 Å². The van der Waals surface area contributed by atoms with E-state index < -0.39 is 35.7 Å². The first-order valence-electron chi connectivity index (χ1n) is 12.9. The molecule has 41 heavy (non-hydrogen) atoms. The number of fused-ring (bicyclic) bond motifs is 1. The maximum absolute atomic E-state index is 15.1. The molecule has 3 amide bonds. The number of hydrogen-bond acceptors (Lipinski definition) is 9. The minimum Gasteiger partial charge on any atom is -0.469 e. The van der Waals surface area contributed by atoms with Crippen molar-refractivity contribution in [2.45, 2.75) is 18.9 Å². The van der Waals surface area contributed by atoms with Gasteiger partial charge in [0.05, 0.1) is 32.1 Å². The Morgan fingerprint density at radius 3 is 2.56 bits per heavy atom. The third-order valence-electron chi connectivity index (χ3n) is 6.93. The molecule has 0 bridgehead atoms. The molecule has 5 rings (SSSR count). The Hall–Kier alpha value is -4.82. The number of hydrogen-bond donors (Lipinski definition) is 1. The van der Waals surface area contributed by atoms with E-state index in [9.17, 15) is 19.2 Å². The number of rotatable bonds is 8. The Morgan fingerprint density at radius 1 is 1.15 bits per heavy atom. The summed E-state index contributed by atoms with van der Waals surface area (Å²) in [6.45, 7) is 0.487. The number of anilines is 2. The van der Waals surface area contributed by atoms with Crippen molar-refractivity contribution < 1.29 is 37.4 Å². The van der Waals surface area contributed by atoms with E-state index in [-0.39, 0.29) is 75.1 Å². The van der Waals surface area contributed by atoms with Gasteiger partial charge in [0.25, 0.3) is 5.91 Å². The van der Waals surface area contributed by atoms with Gasteiger partial charge in [-0.25, -0.2) is 18.6 Å². The number of aromatic nitrogens is 3. The smallest absolute Gasteiger partial charge is 0.414 e. The summed E-state index contributed by atoms with van der Waals surface area (Å²) in [5, 5.41) is 2.55. The van der Waals surface area contributed by atoms with Crippen LogP contribution in [-0.4, -0.2) is 95.6 Å². The fourth-order valence-electron chi connectivity index (χ4n) is 4.76. The van der Waals surface area contributed by atoms with Gasteiger partial charge in [0.1, 0.15) is 17.5 Å². The number of nitrogens with zero attached hydrogens (tertiary/aromatic N) is 6. The van der Waals surface area contributed by atoms with Crippen molar-refractivity contribution in [3.8, 4) is 0 Å². The molecule has 0 unspecified atom stereocenters. The average molecular weight is 572 g/mol. The second-order valence-corrected chi connectivity index (χ2v) is 9.51. The third-order valence-corrected chi connectivity index (χ3v) is 6.93. The predicted molar refractivity (Wildman–Crippen MR) is 139 cm³/mol. The van der Waals surface area contributed by atoms with Crippen LogP contribution >= 0.6 is 0 Å². The van der Waals surface area contributed by atoms with Crippen molar-refractivity contribution >= 4 is 40.9 Å². The van der Waals surface area contributed by atoms with Gasteiger partial charge in [-0.05, 0) is 6.42 Å². The molecule has 0 aliphatic carbocycles. The Morgan fingerprint density at radius 2 is 1.88 bits per heavy atom. The van der Waals surface area contributed by atoms with Crippen molar-refractivity contribution in [2.24, 2.45) is 0 Å². The van der Waals surface area contributed by atoms with Crippen LogP contribution in [0.2, 0.25) is 0 Å². The van der Waals surface area contributed by atoms with Crippen molar-refractivity contribution in [1.82, 2.24) is 24.6 Å². The second-order valence-electron chi connectivity index (χ2n) is 9.51. The molecule has 2 aromatic heterocycles. The van der Waals surface area contributed by atoms with Crippen LogP contribution in [0.25, 0.3) is 5.65 Å². The van der Waals surface area contributed by atoms with Gasteiger partial charge >= 0.3 is 12.1 Å². The molecule has 1 aromatic carbocycles. The number of nitrogens with one attached hydrogen (secondary N) is 1. The molecule has 0 saturated carbocycles. The van der Waals surface area contributed by atoms with Gasteiger partial charge in [0.15, 0.2) is 17.3 Å². The van der Waals surface area contributed by atoms with Gasteiger partial charge in [-0.1, -0.05) is 0 Å². The van der Waals surface area contributed by atoms with Crippen LogP contribution in [0.3, 0.4) is 0 Å². The van der Waals surface area contributed by atoms with Crippen LogP contribution in [0.15, 0.2) is 36.9 Å². The van der Waals surface area contributed by atoms with Crippen molar-refractivity contribution in [3.63, 3.8) is 0 Å². The molecule has 3 aromatic rings. The van der Waals surface area contributed by atoms with Crippen LogP contribution in [0.5, 0.6) is 0 Å². The highest BCUT2D eigenvalue weighted by Gasteiger charge is 2.34. The lowest BCUT2D eigenvalue weighted by Crippen LogP contribution is -2.51. The summed E-state index contributed by atoms with van der Waals surface area (Å²) in [6, 6.07) is 2.12. The topological polar surface area (TPSA) is 139 Å². The van der Waals surface area contributed by atoms with Crippen LogP contribution < -0.4 is 15.1 Å². The molecule has 4 heterocycles. The number of methoxy groups -OCH3 is 1. The van der Waals surface area contributed by atoms with E-state index in [1.165, 1.54) is 29.3 Å². The van der Waals surface area contributed by atoms with Gasteiger partial charge in [0.2, 0.25) is 5.91 Å². The maximum atomic E-state index is 15.1. The van der Waals surface area contributed by atoms with Crippen molar-refractivity contribution in [2.75, 3.05) is 56.2 Å². The molecular weight excluding hydrogens is 544 g/mol. The predicted octanol–water partition coefficient (Wildman–Crippen LogP) is 1.36. The summed E-state index contributed by atoms with van der Waals surface area (Å²) < 4.78 is 41.7. The number of cyclic esters (lactones) is 1. The maximum Gasteiger partial charge on any atom is 0.414 e. The number of benzene rings is 1. The average Bonchev–Trinajstić information content (AvgIpc) is 3.57. The Kier molecular flexibility index (Phi) is 7.94. The molecule has 1 N–H and O–H groups in total. The number of piperazine rings is 1. The summed E-state index contributed by atoms with van der Waals surface area (Å²) in [7, 11) is 1.25. The van der Waals surface area contributed by atoms with Gasteiger partial charge < -0.3 is 29.0 Å². The van der Waals surface area contributed by atoms with E-state index in [2.05, 4.69) is 20.0 Å². The SMILES string of the molecule is COC(=O)CC[C@H]1CN(c2cc(F)c(N3CCN(C(=O)CNC(=O)c4cn5ccncc5n4)CC3)c(F)c2)C(=O)O1. The van der Waals surface area contributed by atoms with E-state index in [0.29, 0.717) is 5.65 Å². The Balaban J connectivity index is 1.14.